The topological polar surface area (TPSA) is 65.7 Å². The Kier molecular flexibility index (Phi) is 9.36. The van der Waals surface area contributed by atoms with E-state index in [1.54, 1.807) is 11.3 Å². The zero-order chi connectivity index (χ0) is 21.6. The number of piperidine rings is 1. The van der Waals surface area contributed by atoms with Crippen molar-refractivity contribution in [2.75, 3.05) is 26.2 Å². The summed E-state index contributed by atoms with van der Waals surface area (Å²) in [6.45, 7) is 11.2. The number of fused-ring (bicyclic) bond motifs is 1. The zero-order valence-corrected chi connectivity index (χ0v) is 22.3. The van der Waals surface area contributed by atoms with Crippen LogP contribution in [0.4, 0.5) is 0 Å². The number of rotatable bonds is 7. The minimum absolute atomic E-state index is 0. The lowest BCUT2D eigenvalue weighted by molar-refractivity contribution is 0.179. The average molecular weight is 568 g/mol. The van der Waals surface area contributed by atoms with E-state index >= 15 is 0 Å². The molecule has 8 heteroatoms. The molecule has 32 heavy (non-hydrogen) atoms. The molecule has 1 aliphatic heterocycles. The molecule has 0 radical (unpaired) electrons. The van der Waals surface area contributed by atoms with Crippen LogP contribution in [0.15, 0.2) is 45.1 Å². The van der Waals surface area contributed by atoms with Crippen molar-refractivity contribution in [3.05, 3.63) is 52.2 Å². The summed E-state index contributed by atoms with van der Waals surface area (Å²) in [6, 6.07) is 10.3. The first-order valence-corrected chi connectivity index (χ1v) is 12.2. The molecule has 1 aliphatic rings. The Hall–Kier alpha value is -1.65. The third-order valence-corrected chi connectivity index (χ3v) is 6.66. The van der Waals surface area contributed by atoms with Gasteiger partial charge in [0.1, 0.15) is 11.3 Å². The average Bonchev–Trinajstić information content (AvgIpc) is 3.39. The molecule has 0 saturated carbocycles. The zero-order valence-electron chi connectivity index (χ0n) is 19.1. The first-order valence-electron chi connectivity index (χ1n) is 11.3. The summed E-state index contributed by atoms with van der Waals surface area (Å²) < 4.78 is 6.01. The molecule has 1 saturated heterocycles. The molecule has 1 aromatic carbocycles. The van der Waals surface area contributed by atoms with Gasteiger partial charge in [0.25, 0.3) is 0 Å². The number of nitrogens with one attached hydrogen (secondary N) is 2. The van der Waals surface area contributed by atoms with Crippen molar-refractivity contribution in [3.8, 4) is 0 Å². The van der Waals surface area contributed by atoms with E-state index in [0.29, 0.717) is 5.92 Å². The van der Waals surface area contributed by atoms with Gasteiger partial charge in [0, 0.05) is 30.4 Å². The normalized spacial score (nSPS) is 16.7. The van der Waals surface area contributed by atoms with Crippen LogP contribution in [-0.2, 0) is 6.54 Å². The van der Waals surface area contributed by atoms with Crippen LogP contribution in [0.5, 0.6) is 0 Å². The number of halogens is 1. The highest BCUT2D eigenvalue weighted by Crippen LogP contribution is 2.24. The Morgan fingerprint density at radius 2 is 2.09 bits per heavy atom. The maximum atomic E-state index is 6.01. The summed E-state index contributed by atoms with van der Waals surface area (Å²) in [6.07, 6.45) is 2.37. The molecule has 0 bridgehead atoms. The number of hydrogen-bond acceptors (Lipinski definition) is 5. The largest absolute Gasteiger partial charge is 0.459 e. The van der Waals surface area contributed by atoms with Gasteiger partial charge in [-0.1, -0.05) is 18.2 Å². The third kappa shape index (κ3) is 6.68. The van der Waals surface area contributed by atoms with Gasteiger partial charge in [-0.05, 0) is 64.8 Å². The van der Waals surface area contributed by atoms with Crippen LogP contribution in [-0.4, -0.2) is 42.0 Å². The SMILES string of the molecule is CCNC(=NCC1CCN(Cc2csc(C)n2)CC1)NC(C)c1cc2ccccc2o1.I. The predicted octanol–water partition coefficient (Wildman–Crippen LogP) is 5.34. The maximum absolute atomic E-state index is 6.01. The van der Waals surface area contributed by atoms with Crippen molar-refractivity contribution in [3.63, 3.8) is 0 Å². The molecule has 2 aromatic heterocycles. The number of guanidine groups is 1. The van der Waals surface area contributed by atoms with E-state index in [-0.39, 0.29) is 30.0 Å². The van der Waals surface area contributed by atoms with Gasteiger partial charge in [0.05, 0.1) is 16.7 Å². The second-order valence-corrected chi connectivity index (χ2v) is 9.41. The minimum Gasteiger partial charge on any atom is -0.459 e. The number of likely N-dealkylation sites (tertiary alicyclic amines) is 1. The van der Waals surface area contributed by atoms with Crippen LogP contribution in [0.1, 0.15) is 49.2 Å². The molecule has 1 atom stereocenters. The fraction of sp³-hybridized carbons (Fsp3) is 0.500. The van der Waals surface area contributed by atoms with Crippen molar-refractivity contribution in [1.29, 1.82) is 0 Å². The Balaban J connectivity index is 0.00000289. The summed E-state index contributed by atoms with van der Waals surface area (Å²) in [4.78, 5) is 12.0. The number of furan rings is 1. The van der Waals surface area contributed by atoms with Gasteiger partial charge in [0.2, 0.25) is 0 Å². The fourth-order valence-electron chi connectivity index (χ4n) is 4.07. The lowest BCUT2D eigenvalue weighted by Crippen LogP contribution is -2.39. The summed E-state index contributed by atoms with van der Waals surface area (Å²) >= 11 is 1.74. The molecule has 3 heterocycles. The monoisotopic (exact) mass is 567 g/mol. The first kappa shape index (κ1) is 25.0. The van der Waals surface area contributed by atoms with Crippen LogP contribution in [0.2, 0.25) is 0 Å². The molecule has 1 unspecified atom stereocenters. The number of aliphatic imine (C=N–C) groups is 1. The van der Waals surface area contributed by atoms with E-state index < -0.39 is 0 Å². The smallest absolute Gasteiger partial charge is 0.191 e. The number of para-hydroxylation sites is 1. The molecule has 0 amide bonds. The van der Waals surface area contributed by atoms with Crippen LogP contribution in [0.3, 0.4) is 0 Å². The summed E-state index contributed by atoms with van der Waals surface area (Å²) in [5, 5.41) is 11.4. The lowest BCUT2D eigenvalue weighted by atomic mass is 9.97. The van der Waals surface area contributed by atoms with Crippen molar-refractivity contribution < 1.29 is 4.42 Å². The third-order valence-electron chi connectivity index (χ3n) is 5.84. The highest BCUT2D eigenvalue weighted by atomic mass is 127. The van der Waals surface area contributed by atoms with Gasteiger partial charge in [-0.25, -0.2) is 4.98 Å². The van der Waals surface area contributed by atoms with Gasteiger partial charge in [-0.15, -0.1) is 35.3 Å². The predicted molar refractivity (Wildman–Crippen MR) is 144 cm³/mol. The number of hydrogen-bond donors (Lipinski definition) is 2. The first-order chi connectivity index (χ1) is 15.1. The second-order valence-electron chi connectivity index (χ2n) is 8.35. The molecule has 174 valence electrons. The summed E-state index contributed by atoms with van der Waals surface area (Å²) in [7, 11) is 0. The van der Waals surface area contributed by atoms with E-state index in [0.717, 1.165) is 60.4 Å². The van der Waals surface area contributed by atoms with E-state index in [1.807, 2.05) is 18.2 Å². The molecule has 3 aromatic rings. The van der Waals surface area contributed by atoms with Gasteiger partial charge in [0.15, 0.2) is 5.96 Å². The van der Waals surface area contributed by atoms with Crippen molar-refractivity contribution in [2.24, 2.45) is 10.9 Å². The minimum atomic E-state index is 0. The molecule has 4 rings (SSSR count). The van der Waals surface area contributed by atoms with Gasteiger partial charge < -0.3 is 15.1 Å². The molecular formula is C24H34IN5OS. The van der Waals surface area contributed by atoms with E-state index in [1.165, 1.54) is 18.5 Å². The number of thiazole rings is 1. The van der Waals surface area contributed by atoms with Gasteiger partial charge in [-0.2, -0.15) is 0 Å². The standard InChI is InChI=1S/C24H33N5OS.HI/c1-4-25-24(27-17(2)23-13-20-7-5-6-8-22(20)30-23)26-14-19-9-11-29(12-10-19)15-21-16-31-18(3)28-21;/h5-8,13,16-17,19H,4,9-12,14-15H2,1-3H3,(H2,25,26,27);1H. The quantitative estimate of drug-likeness (QED) is 0.229. The Morgan fingerprint density at radius 3 is 2.78 bits per heavy atom. The molecular weight excluding hydrogens is 533 g/mol. The van der Waals surface area contributed by atoms with Crippen molar-refractivity contribution >= 4 is 52.2 Å². The highest BCUT2D eigenvalue weighted by Gasteiger charge is 2.20. The van der Waals surface area contributed by atoms with Crippen molar-refractivity contribution in [1.82, 2.24) is 20.5 Å². The number of aryl methyl sites for hydroxylation is 1. The number of nitrogens with zero attached hydrogens (tertiary/aromatic N) is 3. The fourth-order valence-corrected chi connectivity index (χ4v) is 4.67. The summed E-state index contributed by atoms with van der Waals surface area (Å²) in [5.74, 6) is 2.42. The second kappa shape index (κ2) is 12.0. The van der Waals surface area contributed by atoms with Gasteiger partial charge >= 0.3 is 0 Å². The van der Waals surface area contributed by atoms with Crippen LogP contribution in [0, 0.1) is 12.8 Å². The molecule has 1 fully saturated rings. The van der Waals surface area contributed by atoms with E-state index in [9.17, 15) is 0 Å². The molecule has 0 aliphatic carbocycles. The Labute approximate surface area is 211 Å². The van der Waals surface area contributed by atoms with Gasteiger partial charge in [-0.3, -0.25) is 9.89 Å². The molecule has 6 nitrogen and oxygen atoms in total. The maximum Gasteiger partial charge on any atom is 0.191 e. The van der Waals surface area contributed by atoms with Crippen LogP contribution < -0.4 is 10.6 Å². The Morgan fingerprint density at radius 1 is 1.31 bits per heavy atom. The number of aromatic nitrogens is 1. The summed E-state index contributed by atoms with van der Waals surface area (Å²) in [5.41, 5.74) is 2.13. The van der Waals surface area contributed by atoms with Crippen LogP contribution in [0.25, 0.3) is 11.0 Å². The molecule has 2 N–H and O–H groups in total. The van der Waals surface area contributed by atoms with E-state index in [4.69, 9.17) is 9.41 Å². The highest BCUT2D eigenvalue weighted by molar-refractivity contribution is 14.0. The number of benzene rings is 1. The van der Waals surface area contributed by atoms with Crippen LogP contribution >= 0.6 is 35.3 Å². The lowest BCUT2D eigenvalue weighted by Gasteiger charge is -2.30. The molecule has 0 spiro atoms. The Bertz CT molecular complexity index is 976. The van der Waals surface area contributed by atoms with Crippen molar-refractivity contribution in [2.45, 2.75) is 46.2 Å². The van der Waals surface area contributed by atoms with E-state index in [2.05, 4.69) is 58.8 Å².